The molecule has 0 radical (unpaired) electrons. The van der Waals surface area contributed by atoms with E-state index in [1.54, 1.807) is 12.1 Å². The lowest BCUT2D eigenvalue weighted by atomic mass is 10.2. The van der Waals surface area contributed by atoms with Crippen LogP contribution in [-0.4, -0.2) is 50.8 Å². The van der Waals surface area contributed by atoms with Crippen LogP contribution in [0.5, 0.6) is 0 Å². The van der Waals surface area contributed by atoms with Gasteiger partial charge in [-0.05, 0) is 25.5 Å². The number of hydrogen-bond donors (Lipinski definition) is 1. The average Bonchev–Trinajstić information content (AvgIpc) is 2.45. The van der Waals surface area contributed by atoms with Gasteiger partial charge >= 0.3 is 5.97 Å². The number of hydrogen-bond acceptors (Lipinski definition) is 4. The van der Waals surface area contributed by atoms with E-state index in [-0.39, 0.29) is 10.9 Å². The number of aryl methyl sites for hydroxylation is 1. The molecule has 23 heavy (non-hydrogen) atoms. The molecule has 1 aromatic rings. The zero-order chi connectivity index (χ0) is 18.1. The summed E-state index contributed by atoms with van der Waals surface area (Å²) >= 11 is 0. The first kappa shape index (κ1) is 21.3. The maximum Gasteiger partial charge on any atom is 0.334 e. The predicted octanol–water partition coefficient (Wildman–Crippen LogP) is 2.40. The van der Waals surface area contributed by atoms with Crippen LogP contribution in [0.15, 0.2) is 41.8 Å². The molecule has 0 atom stereocenters. The number of carbonyl (C=O) groups is 1. The van der Waals surface area contributed by atoms with E-state index in [1.807, 2.05) is 21.0 Å². The van der Waals surface area contributed by atoms with Crippen LogP contribution in [0.4, 0.5) is 0 Å². The van der Waals surface area contributed by atoms with Gasteiger partial charge in [0.05, 0.1) is 25.5 Å². The summed E-state index contributed by atoms with van der Waals surface area (Å²) in [6.07, 6.45) is 2.27. The minimum atomic E-state index is -4.02. The van der Waals surface area contributed by atoms with Gasteiger partial charge in [0.15, 0.2) is 0 Å². The number of carbonyl (C=O) groups excluding carboxylic acids is 1. The van der Waals surface area contributed by atoms with E-state index < -0.39 is 10.1 Å². The van der Waals surface area contributed by atoms with Crippen molar-refractivity contribution in [2.24, 2.45) is 0 Å². The molecule has 0 saturated carbocycles. The van der Waals surface area contributed by atoms with Gasteiger partial charge in [-0.15, -0.1) is 0 Å². The SMILES string of the molecule is C=CC(=O)OC[N+](C)(C)CCC.Cc1ccc(S(=O)(=O)O)cc1. The molecule has 0 bridgehead atoms. The van der Waals surface area contributed by atoms with E-state index in [0.29, 0.717) is 11.2 Å². The summed E-state index contributed by atoms with van der Waals surface area (Å²) in [4.78, 5) is 10.6. The fourth-order valence-electron chi connectivity index (χ4n) is 1.68. The molecule has 0 aliphatic heterocycles. The number of benzene rings is 1. The molecular formula is C16H26NO5S+. The van der Waals surface area contributed by atoms with Crippen molar-refractivity contribution in [1.82, 2.24) is 0 Å². The van der Waals surface area contributed by atoms with E-state index in [4.69, 9.17) is 9.29 Å². The number of quaternary nitrogens is 1. The van der Waals surface area contributed by atoms with Gasteiger partial charge in [-0.1, -0.05) is 31.2 Å². The van der Waals surface area contributed by atoms with E-state index >= 15 is 0 Å². The molecular weight excluding hydrogens is 318 g/mol. The van der Waals surface area contributed by atoms with Crippen molar-refractivity contribution in [1.29, 1.82) is 0 Å². The highest BCUT2D eigenvalue weighted by Crippen LogP contribution is 2.08. The second-order valence-electron chi connectivity index (χ2n) is 5.74. The highest BCUT2D eigenvalue weighted by atomic mass is 32.2. The molecule has 6 nitrogen and oxygen atoms in total. The van der Waals surface area contributed by atoms with Gasteiger partial charge in [0.25, 0.3) is 10.1 Å². The number of nitrogens with zero attached hydrogens (tertiary/aromatic N) is 1. The standard InChI is InChI=1S/C9H18NO2.C7H8O3S/c1-5-7-10(3,4)8-12-9(11)6-2;1-6-2-4-7(5-3-6)11(8,9)10/h6H,2,5,7-8H2,1,3-4H3;2-5H,1H3,(H,8,9,10)/q+1;. The summed E-state index contributed by atoms with van der Waals surface area (Å²) in [6.45, 7) is 8.69. The highest BCUT2D eigenvalue weighted by Gasteiger charge is 2.14. The fourth-order valence-corrected chi connectivity index (χ4v) is 2.16. The second-order valence-corrected chi connectivity index (χ2v) is 7.17. The highest BCUT2D eigenvalue weighted by molar-refractivity contribution is 7.85. The zero-order valence-corrected chi connectivity index (χ0v) is 15.0. The van der Waals surface area contributed by atoms with Gasteiger partial charge in [0.2, 0.25) is 6.73 Å². The molecule has 7 heteroatoms. The van der Waals surface area contributed by atoms with Crippen LogP contribution in [0.3, 0.4) is 0 Å². The minimum Gasteiger partial charge on any atom is -0.412 e. The molecule has 0 heterocycles. The van der Waals surface area contributed by atoms with Crippen LogP contribution in [0.1, 0.15) is 18.9 Å². The van der Waals surface area contributed by atoms with Crippen molar-refractivity contribution in [3.8, 4) is 0 Å². The third kappa shape index (κ3) is 9.83. The molecule has 0 aliphatic rings. The van der Waals surface area contributed by atoms with Gasteiger partial charge in [-0.3, -0.25) is 9.04 Å². The Kier molecular flexibility index (Phi) is 8.74. The van der Waals surface area contributed by atoms with Gasteiger partial charge < -0.3 is 4.74 Å². The van der Waals surface area contributed by atoms with Gasteiger partial charge in [0, 0.05) is 6.08 Å². The monoisotopic (exact) mass is 344 g/mol. The number of ether oxygens (including phenoxy) is 1. The van der Waals surface area contributed by atoms with Crippen molar-refractivity contribution in [3.63, 3.8) is 0 Å². The maximum absolute atomic E-state index is 10.7. The van der Waals surface area contributed by atoms with Crippen LogP contribution in [-0.2, 0) is 19.6 Å². The molecule has 130 valence electrons. The summed E-state index contributed by atoms with van der Waals surface area (Å²) in [7, 11) is 0.0357. The van der Waals surface area contributed by atoms with Crippen molar-refractivity contribution in [2.75, 3.05) is 27.4 Å². The summed E-state index contributed by atoms with van der Waals surface area (Å²) in [6, 6.07) is 5.99. The minimum absolute atomic E-state index is 0.0666. The Bertz CT molecular complexity index is 606. The Hall–Kier alpha value is -1.70. The molecule has 0 aliphatic carbocycles. The van der Waals surface area contributed by atoms with Crippen LogP contribution in [0, 0.1) is 6.92 Å². The molecule has 0 fully saturated rings. The molecule has 1 aromatic carbocycles. The van der Waals surface area contributed by atoms with Crippen LogP contribution < -0.4 is 0 Å². The molecule has 0 unspecified atom stereocenters. The van der Waals surface area contributed by atoms with Crippen molar-refractivity contribution < 1.29 is 27.0 Å². The normalized spacial score (nSPS) is 11.2. The third-order valence-corrected chi connectivity index (χ3v) is 3.74. The first-order chi connectivity index (χ1) is 10.5. The molecule has 0 aromatic heterocycles. The maximum atomic E-state index is 10.7. The second kappa shape index (κ2) is 9.44. The van der Waals surface area contributed by atoms with Gasteiger partial charge in [0.1, 0.15) is 0 Å². The molecule has 1 rings (SSSR count). The van der Waals surface area contributed by atoms with E-state index in [1.165, 1.54) is 18.2 Å². The number of rotatable bonds is 6. The zero-order valence-electron chi connectivity index (χ0n) is 14.2. The molecule has 1 N–H and O–H groups in total. The van der Waals surface area contributed by atoms with Crippen molar-refractivity contribution >= 4 is 16.1 Å². The Balaban J connectivity index is 0.000000422. The first-order valence-corrected chi connectivity index (χ1v) is 8.61. The lowest BCUT2D eigenvalue weighted by Gasteiger charge is -2.27. The molecule has 0 amide bonds. The lowest BCUT2D eigenvalue weighted by molar-refractivity contribution is -0.907. The van der Waals surface area contributed by atoms with Crippen LogP contribution in [0.25, 0.3) is 0 Å². The summed E-state index contributed by atoms with van der Waals surface area (Å²) in [5.74, 6) is -0.350. The Morgan fingerprint density at radius 1 is 1.30 bits per heavy atom. The smallest absolute Gasteiger partial charge is 0.334 e. The van der Waals surface area contributed by atoms with Crippen molar-refractivity contribution in [3.05, 3.63) is 42.5 Å². The van der Waals surface area contributed by atoms with Crippen molar-refractivity contribution in [2.45, 2.75) is 25.2 Å². The Morgan fingerprint density at radius 3 is 2.22 bits per heavy atom. The molecule has 0 spiro atoms. The van der Waals surface area contributed by atoms with Gasteiger partial charge in [-0.2, -0.15) is 8.42 Å². The number of esters is 1. The summed E-state index contributed by atoms with van der Waals surface area (Å²) < 4.78 is 35.2. The van der Waals surface area contributed by atoms with E-state index in [0.717, 1.165) is 18.5 Å². The largest absolute Gasteiger partial charge is 0.412 e. The summed E-state index contributed by atoms with van der Waals surface area (Å²) in [5.41, 5.74) is 0.956. The van der Waals surface area contributed by atoms with E-state index in [2.05, 4.69) is 13.5 Å². The fraction of sp³-hybridized carbons (Fsp3) is 0.438. The predicted molar refractivity (Wildman–Crippen MR) is 89.4 cm³/mol. The lowest BCUT2D eigenvalue weighted by Crippen LogP contribution is -2.42. The third-order valence-electron chi connectivity index (χ3n) is 2.87. The summed E-state index contributed by atoms with van der Waals surface area (Å²) in [5, 5.41) is 0. The topological polar surface area (TPSA) is 80.7 Å². The van der Waals surface area contributed by atoms with Gasteiger partial charge in [-0.25, -0.2) is 4.79 Å². The van der Waals surface area contributed by atoms with Crippen LogP contribution >= 0.6 is 0 Å². The van der Waals surface area contributed by atoms with E-state index in [9.17, 15) is 13.2 Å². The average molecular weight is 344 g/mol. The Morgan fingerprint density at radius 2 is 1.83 bits per heavy atom. The first-order valence-electron chi connectivity index (χ1n) is 7.17. The molecule has 0 saturated heterocycles. The Labute approximate surface area is 138 Å². The van der Waals surface area contributed by atoms with Crippen LogP contribution in [0.2, 0.25) is 0 Å². The quantitative estimate of drug-likeness (QED) is 0.282.